The fraction of sp³-hybridized carbons (Fsp3) is 0.686. The van der Waals surface area contributed by atoms with Crippen LogP contribution in [0.2, 0.25) is 0 Å². The molecule has 1 aromatic carbocycles. The van der Waals surface area contributed by atoms with Gasteiger partial charge in [0.15, 0.2) is 17.4 Å². The number of hydrogen-bond donors (Lipinski definition) is 2. The Morgan fingerprint density at radius 3 is 1.59 bits per heavy atom. The van der Waals surface area contributed by atoms with Gasteiger partial charge in [-0.1, -0.05) is 69.4 Å². The molecule has 0 amide bonds. The normalized spacial score (nSPS) is 13.7. The highest BCUT2D eigenvalue weighted by molar-refractivity contribution is 5.72. The van der Waals surface area contributed by atoms with E-state index in [0.29, 0.717) is 6.42 Å². The second-order valence-electron chi connectivity index (χ2n) is 12.1. The molecule has 0 atom stereocenters. The van der Waals surface area contributed by atoms with E-state index in [4.69, 9.17) is 9.47 Å². The maximum atomic E-state index is 13.9. The molecule has 5 nitrogen and oxygen atoms in total. The molecule has 248 valence electrons. The Bertz CT molecular complexity index is 1090. The van der Waals surface area contributed by atoms with Crippen LogP contribution in [0.1, 0.15) is 128 Å². The molecule has 9 heteroatoms. The lowest BCUT2D eigenvalue weighted by atomic mass is 10.1. The number of nitrogens with one attached hydrogen (secondary N) is 2. The predicted octanol–water partition coefficient (Wildman–Crippen LogP) is 9.23. The van der Waals surface area contributed by atoms with Crippen LogP contribution in [0.15, 0.2) is 22.5 Å². The van der Waals surface area contributed by atoms with E-state index >= 15 is 0 Å². The summed E-state index contributed by atoms with van der Waals surface area (Å²) >= 11 is 0. The van der Waals surface area contributed by atoms with Crippen molar-refractivity contribution in [2.45, 2.75) is 129 Å². The van der Waals surface area contributed by atoms with Crippen molar-refractivity contribution in [1.29, 1.82) is 0 Å². The molecule has 0 unspecified atom stereocenters. The molecule has 0 spiro atoms. The molecule has 0 radical (unpaired) electrons. The first-order valence-electron chi connectivity index (χ1n) is 16.8. The van der Waals surface area contributed by atoms with Crippen molar-refractivity contribution in [3.05, 3.63) is 51.4 Å². The lowest BCUT2D eigenvalue weighted by Gasteiger charge is -2.13. The van der Waals surface area contributed by atoms with Gasteiger partial charge in [-0.25, -0.2) is 13.2 Å². The standard InChI is InChI=1S/C35H52F4N2O3/c1-3-4-11-14-28(26-17-18-26)40-21-23-43-24-22-41-29(27-19-20-27)15-12-9-7-5-6-8-10-13-16-30(42)44-35-25(2)31(36)32(37)33(38)34(35)39/h40-41H,3-24H2,1-2H3. The van der Waals surface area contributed by atoms with Gasteiger partial charge in [-0.05, 0) is 64.7 Å². The Hall–Kier alpha value is -2.55. The SMILES string of the molecule is CCCCCC(NCCOCCNC(CCCCCCCCCCC(=O)Oc1c(C)c(F)c(F)c(F)c1F)=C1CC1)=C1CC1. The van der Waals surface area contributed by atoms with Crippen molar-refractivity contribution in [1.82, 2.24) is 10.6 Å². The number of halogens is 4. The minimum absolute atomic E-state index is 0.00408. The zero-order chi connectivity index (χ0) is 31.7. The Morgan fingerprint density at radius 1 is 0.636 bits per heavy atom. The highest BCUT2D eigenvalue weighted by atomic mass is 19.2. The third kappa shape index (κ3) is 12.8. The van der Waals surface area contributed by atoms with E-state index in [1.165, 1.54) is 75.6 Å². The number of carbonyl (C=O) groups excluding carboxylic acids is 1. The van der Waals surface area contributed by atoms with Crippen LogP contribution < -0.4 is 15.4 Å². The van der Waals surface area contributed by atoms with E-state index in [-0.39, 0.29) is 6.42 Å². The predicted molar refractivity (Wildman–Crippen MR) is 166 cm³/mol. The third-order valence-corrected chi connectivity index (χ3v) is 8.27. The van der Waals surface area contributed by atoms with Crippen molar-refractivity contribution >= 4 is 5.97 Å². The molecule has 0 bridgehead atoms. The quantitative estimate of drug-likeness (QED) is 0.0300. The molecular weight excluding hydrogens is 572 g/mol. The molecule has 0 heterocycles. The minimum Gasteiger partial charge on any atom is -0.423 e. The van der Waals surface area contributed by atoms with Gasteiger partial charge in [0.1, 0.15) is 0 Å². The highest BCUT2D eigenvalue weighted by Crippen LogP contribution is 2.33. The first-order valence-corrected chi connectivity index (χ1v) is 16.8. The summed E-state index contributed by atoms with van der Waals surface area (Å²) in [5.41, 5.74) is 5.49. The van der Waals surface area contributed by atoms with Gasteiger partial charge in [-0.3, -0.25) is 4.79 Å². The maximum absolute atomic E-state index is 13.9. The fourth-order valence-electron chi connectivity index (χ4n) is 5.35. The molecule has 2 aliphatic carbocycles. The Kier molecular flexibility index (Phi) is 16.1. The van der Waals surface area contributed by atoms with E-state index in [1.54, 1.807) is 11.1 Å². The number of unbranched alkanes of at least 4 members (excludes halogenated alkanes) is 9. The molecule has 44 heavy (non-hydrogen) atoms. The van der Waals surface area contributed by atoms with Crippen LogP contribution in [0.5, 0.6) is 5.75 Å². The second-order valence-corrected chi connectivity index (χ2v) is 12.1. The minimum atomic E-state index is -1.98. The smallest absolute Gasteiger partial charge is 0.311 e. The summed E-state index contributed by atoms with van der Waals surface area (Å²) < 4.78 is 64.9. The van der Waals surface area contributed by atoms with Crippen molar-refractivity contribution < 1.29 is 31.8 Å². The number of benzene rings is 1. The topological polar surface area (TPSA) is 59.6 Å². The largest absolute Gasteiger partial charge is 0.423 e. The molecule has 2 fully saturated rings. The van der Waals surface area contributed by atoms with E-state index in [0.717, 1.165) is 71.8 Å². The summed E-state index contributed by atoms with van der Waals surface area (Å²) in [6.45, 7) is 6.47. The van der Waals surface area contributed by atoms with E-state index in [2.05, 4.69) is 17.6 Å². The number of ether oxygens (including phenoxy) is 2. The molecule has 1 aromatic rings. The number of rotatable bonds is 24. The average molecular weight is 625 g/mol. The van der Waals surface area contributed by atoms with Crippen LogP contribution in [0.4, 0.5) is 17.6 Å². The summed E-state index contributed by atoms with van der Waals surface area (Å²) in [7, 11) is 0. The van der Waals surface area contributed by atoms with Gasteiger partial charge in [-0.2, -0.15) is 4.39 Å². The van der Waals surface area contributed by atoms with Crippen LogP contribution in [0, 0.1) is 30.2 Å². The van der Waals surface area contributed by atoms with Gasteiger partial charge in [0, 0.05) is 36.5 Å². The molecule has 0 saturated heterocycles. The molecule has 2 aliphatic rings. The number of carbonyl (C=O) groups is 1. The Labute approximate surface area is 261 Å². The summed E-state index contributed by atoms with van der Waals surface area (Å²) in [6, 6.07) is 0. The Balaban J connectivity index is 1.15. The van der Waals surface area contributed by atoms with Gasteiger partial charge in [0.25, 0.3) is 0 Å². The number of allylic oxidation sites excluding steroid dienone is 4. The zero-order valence-corrected chi connectivity index (χ0v) is 26.8. The van der Waals surface area contributed by atoms with Crippen molar-refractivity contribution in [3.63, 3.8) is 0 Å². The Morgan fingerprint density at radius 2 is 1.09 bits per heavy atom. The van der Waals surface area contributed by atoms with Crippen LogP contribution in [-0.2, 0) is 9.53 Å². The van der Waals surface area contributed by atoms with E-state index < -0.39 is 40.6 Å². The monoisotopic (exact) mass is 624 g/mol. The molecule has 2 N–H and O–H groups in total. The summed E-state index contributed by atoms with van der Waals surface area (Å²) in [6.07, 6.45) is 19.1. The first-order chi connectivity index (χ1) is 21.3. The lowest BCUT2D eigenvalue weighted by molar-refractivity contribution is -0.134. The van der Waals surface area contributed by atoms with Gasteiger partial charge in [0.2, 0.25) is 11.6 Å². The average Bonchev–Trinajstić information content (AvgIpc) is 3.94. The molecule has 2 saturated carbocycles. The van der Waals surface area contributed by atoms with Gasteiger partial charge < -0.3 is 20.1 Å². The van der Waals surface area contributed by atoms with Crippen molar-refractivity contribution in [2.24, 2.45) is 0 Å². The van der Waals surface area contributed by atoms with Gasteiger partial charge in [-0.15, -0.1) is 0 Å². The maximum Gasteiger partial charge on any atom is 0.311 e. The molecular formula is C35H52F4N2O3. The first kappa shape index (κ1) is 35.9. The number of esters is 1. The van der Waals surface area contributed by atoms with Gasteiger partial charge >= 0.3 is 5.97 Å². The molecule has 0 aliphatic heterocycles. The third-order valence-electron chi connectivity index (χ3n) is 8.27. The van der Waals surface area contributed by atoms with Crippen molar-refractivity contribution in [2.75, 3.05) is 26.3 Å². The summed E-state index contributed by atoms with van der Waals surface area (Å²) in [5, 5.41) is 7.23. The van der Waals surface area contributed by atoms with Crippen LogP contribution >= 0.6 is 0 Å². The number of hydrogen-bond acceptors (Lipinski definition) is 5. The van der Waals surface area contributed by atoms with E-state index in [9.17, 15) is 22.4 Å². The van der Waals surface area contributed by atoms with Gasteiger partial charge in [0.05, 0.1) is 13.2 Å². The van der Waals surface area contributed by atoms with Crippen molar-refractivity contribution in [3.8, 4) is 5.75 Å². The van der Waals surface area contributed by atoms with E-state index in [1.807, 2.05) is 0 Å². The molecule has 0 aromatic heterocycles. The van der Waals surface area contributed by atoms with Crippen LogP contribution in [-0.4, -0.2) is 32.3 Å². The summed E-state index contributed by atoms with van der Waals surface area (Å²) in [5.74, 6) is -8.81. The summed E-state index contributed by atoms with van der Waals surface area (Å²) in [4.78, 5) is 12.0. The fourth-order valence-corrected chi connectivity index (χ4v) is 5.35. The second kappa shape index (κ2) is 19.8. The van der Waals surface area contributed by atoms with Crippen LogP contribution in [0.3, 0.4) is 0 Å². The van der Waals surface area contributed by atoms with Crippen LogP contribution in [0.25, 0.3) is 0 Å². The lowest BCUT2D eigenvalue weighted by Crippen LogP contribution is -2.23. The zero-order valence-electron chi connectivity index (χ0n) is 26.8. The molecule has 3 rings (SSSR count). The highest BCUT2D eigenvalue weighted by Gasteiger charge is 2.25.